The first-order chi connectivity index (χ1) is 11.8. The summed E-state index contributed by atoms with van der Waals surface area (Å²) in [5, 5.41) is 8.64. The Hall–Kier alpha value is -1.43. The number of hydrogen-bond donors (Lipinski definition) is 0. The second-order valence-electron chi connectivity index (χ2n) is 7.59. The summed E-state index contributed by atoms with van der Waals surface area (Å²) in [5.41, 5.74) is 0. The van der Waals surface area contributed by atoms with Crippen molar-refractivity contribution in [3.05, 3.63) is 11.6 Å². The van der Waals surface area contributed by atoms with Crippen molar-refractivity contribution in [1.82, 2.24) is 24.6 Å². The highest BCUT2D eigenvalue weighted by Gasteiger charge is 2.38. The highest BCUT2D eigenvalue weighted by Crippen LogP contribution is 2.28. The van der Waals surface area contributed by atoms with Crippen LogP contribution >= 0.6 is 0 Å². The first-order valence-corrected chi connectivity index (χ1v) is 9.70. The van der Waals surface area contributed by atoms with Gasteiger partial charge in [0.15, 0.2) is 0 Å². The third-order valence-electron chi connectivity index (χ3n) is 6.07. The van der Waals surface area contributed by atoms with Gasteiger partial charge >= 0.3 is 0 Å². The Kier molecular flexibility index (Phi) is 4.57. The van der Waals surface area contributed by atoms with Crippen molar-refractivity contribution in [2.75, 3.05) is 19.6 Å². The number of carbonyl (C=O) groups excluding carboxylic acids is 1. The number of nitrogens with zero attached hydrogens (tertiary/aromatic N) is 5. The summed E-state index contributed by atoms with van der Waals surface area (Å²) >= 11 is 0. The summed E-state index contributed by atoms with van der Waals surface area (Å²) in [4.78, 5) is 17.3. The molecule has 0 spiro atoms. The van der Waals surface area contributed by atoms with Gasteiger partial charge in [-0.15, -0.1) is 10.2 Å². The largest absolute Gasteiger partial charge is 0.339 e. The van der Waals surface area contributed by atoms with Crippen LogP contribution in [0.5, 0.6) is 0 Å². The van der Waals surface area contributed by atoms with Gasteiger partial charge in [-0.3, -0.25) is 9.69 Å². The zero-order chi connectivity index (χ0) is 16.5. The van der Waals surface area contributed by atoms with E-state index in [-0.39, 0.29) is 0 Å². The lowest BCUT2D eigenvalue weighted by molar-refractivity contribution is -0.144. The van der Waals surface area contributed by atoms with E-state index < -0.39 is 0 Å². The number of carbonyl (C=O) groups is 1. The van der Waals surface area contributed by atoms with Crippen LogP contribution in [0, 0.1) is 5.92 Å². The summed E-state index contributed by atoms with van der Waals surface area (Å²) in [6.45, 7) is 6.86. The van der Waals surface area contributed by atoms with Gasteiger partial charge < -0.3 is 9.47 Å². The van der Waals surface area contributed by atoms with Gasteiger partial charge in [-0.05, 0) is 12.8 Å². The molecule has 0 bridgehead atoms. The van der Waals surface area contributed by atoms with Crippen LogP contribution < -0.4 is 0 Å². The second-order valence-corrected chi connectivity index (χ2v) is 7.59. The second kappa shape index (κ2) is 6.82. The normalized spacial score (nSPS) is 23.6. The number of aryl methyl sites for hydroxylation is 1. The molecule has 0 aromatic carbocycles. The van der Waals surface area contributed by atoms with E-state index in [1.165, 1.54) is 25.7 Å². The molecule has 4 rings (SSSR count). The molecule has 1 saturated carbocycles. The van der Waals surface area contributed by atoms with Crippen molar-refractivity contribution >= 4 is 5.91 Å². The third kappa shape index (κ3) is 2.96. The summed E-state index contributed by atoms with van der Waals surface area (Å²) in [7, 11) is 0. The van der Waals surface area contributed by atoms with E-state index in [4.69, 9.17) is 0 Å². The van der Waals surface area contributed by atoms with Gasteiger partial charge in [0.1, 0.15) is 11.6 Å². The fourth-order valence-electron chi connectivity index (χ4n) is 4.46. The monoisotopic (exact) mass is 331 g/mol. The molecular weight excluding hydrogens is 302 g/mol. The smallest absolute Gasteiger partial charge is 0.225 e. The number of hydrogen-bond acceptors (Lipinski definition) is 4. The Morgan fingerprint density at radius 3 is 2.54 bits per heavy atom. The maximum Gasteiger partial charge on any atom is 0.225 e. The Morgan fingerprint density at radius 2 is 1.83 bits per heavy atom. The number of amides is 1. The molecule has 132 valence electrons. The summed E-state index contributed by atoms with van der Waals surface area (Å²) in [6.07, 6.45) is 8.23. The number of likely N-dealkylation sites (tertiary alicyclic amines) is 1. The van der Waals surface area contributed by atoms with Crippen LogP contribution in [0.15, 0.2) is 0 Å². The molecular formula is C18H29N5O. The van der Waals surface area contributed by atoms with E-state index in [0.717, 1.165) is 63.6 Å². The van der Waals surface area contributed by atoms with Crippen LogP contribution in [0.25, 0.3) is 0 Å². The minimum atomic E-state index is 0.296. The Balaban J connectivity index is 1.30. The maximum atomic E-state index is 12.7. The van der Waals surface area contributed by atoms with Gasteiger partial charge in [0, 0.05) is 44.6 Å². The number of fused-ring (bicyclic) bond motifs is 1. The van der Waals surface area contributed by atoms with E-state index >= 15 is 0 Å². The van der Waals surface area contributed by atoms with E-state index in [2.05, 4.69) is 31.5 Å². The van der Waals surface area contributed by atoms with Gasteiger partial charge in [0.05, 0.1) is 6.54 Å². The van der Waals surface area contributed by atoms with Gasteiger partial charge in [0.25, 0.3) is 0 Å². The zero-order valence-electron chi connectivity index (χ0n) is 14.8. The zero-order valence-corrected chi connectivity index (χ0v) is 14.8. The Bertz CT molecular complexity index is 584. The van der Waals surface area contributed by atoms with Crippen molar-refractivity contribution in [2.45, 2.75) is 71.0 Å². The van der Waals surface area contributed by atoms with Crippen molar-refractivity contribution in [2.24, 2.45) is 5.92 Å². The lowest BCUT2D eigenvalue weighted by atomic mass is 9.95. The molecule has 2 fully saturated rings. The Labute approximate surface area is 144 Å². The summed E-state index contributed by atoms with van der Waals surface area (Å²) in [5.74, 6) is 2.90. The molecule has 1 saturated heterocycles. The van der Waals surface area contributed by atoms with Gasteiger partial charge in [-0.25, -0.2) is 0 Å². The molecule has 3 aliphatic rings. The topological polar surface area (TPSA) is 54.3 Å². The summed E-state index contributed by atoms with van der Waals surface area (Å²) < 4.78 is 2.27. The lowest BCUT2D eigenvalue weighted by Crippen LogP contribution is -2.62. The molecule has 1 amide bonds. The summed E-state index contributed by atoms with van der Waals surface area (Å²) in [6, 6.07) is 0.509. The van der Waals surface area contributed by atoms with Gasteiger partial charge in [-0.1, -0.05) is 32.6 Å². The minimum Gasteiger partial charge on any atom is -0.339 e. The van der Waals surface area contributed by atoms with Crippen LogP contribution in [0.3, 0.4) is 0 Å². The van der Waals surface area contributed by atoms with Crippen molar-refractivity contribution < 1.29 is 4.79 Å². The minimum absolute atomic E-state index is 0.296. The van der Waals surface area contributed by atoms with Crippen molar-refractivity contribution in [1.29, 1.82) is 0 Å². The Morgan fingerprint density at radius 1 is 1.08 bits per heavy atom. The molecule has 6 nitrogen and oxygen atoms in total. The van der Waals surface area contributed by atoms with Crippen LogP contribution in [0.2, 0.25) is 0 Å². The molecule has 1 aromatic heterocycles. The highest BCUT2D eigenvalue weighted by molar-refractivity contribution is 5.79. The predicted octanol–water partition coefficient (Wildman–Crippen LogP) is 1.84. The van der Waals surface area contributed by atoms with Crippen LogP contribution in [-0.2, 0) is 24.3 Å². The van der Waals surface area contributed by atoms with Crippen molar-refractivity contribution in [3.63, 3.8) is 0 Å². The molecule has 3 heterocycles. The molecule has 24 heavy (non-hydrogen) atoms. The standard InChI is InChI=1S/C18H29N5O/c1-2-16-19-20-17-13-21(9-10-23(16)17)15-11-22(12-15)18(24)14-7-5-3-4-6-8-14/h14-15H,2-13H2,1H3. The first-order valence-electron chi connectivity index (χ1n) is 9.70. The van der Waals surface area contributed by atoms with E-state index in [9.17, 15) is 4.79 Å². The molecule has 0 radical (unpaired) electrons. The van der Waals surface area contributed by atoms with Crippen LogP contribution in [0.1, 0.15) is 57.1 Å². The fourth-order valence-corrected chi connectivity index (χ4v) is 4.46. The predicted molar refractivity (Wildman–Crippen MR) is 91.4 cm³/mol. The number of aromatic nitrogens is 3. The molecule has 0 atom stereocenters. The van der Waals surface area contributed by atoms with E-state index in [1.54, 1.807) is 0 Å². The first kappa shape index (κ1) is 16.1. The molecule has 2 aliphatic heterocycles. The van der Waals surface area contributed by atoms with E-state index in [0.29, 0.717) is 17.9 Å². The molecule has 1 aromatic rings. The highest BCUT2D eigenvalue weighted by atomic mass is 16.2. The lowest BCUT2D eigenvalue weighted by Gasteiger charge is -2.47. The fraction of sp³-hybridized carbons (Fsp3) is 0.833. The number of rotatable bonds is 3. The quantitative estimate of drug-likeness (QED) is 0.793. The average Bonchev–Trinajstić information content (AvgIpc) is 2.77. The average molecular weight is 331 g/mol. The van der Waals surface area contributed by atoms with Crippen LogP contribution in [0.4, 0.5) is 0 Å². The van der Waals surface area contributed by atoms with Gasteiger partial charge in [0.2, 0.25) is 5.91 Å². The van der Waals surface area contributed by atoms with E-state index in [1.807, 2.05) is 0 Å². The van der Waals surface area contributed by atoms with Crippen molar-refractivity contribution in [3.8, 4) is 0 Å². The molecule has 0 unspecified atom stereocenters. The third-order valence-corrected chi connectivity index (χ3v) is 6.07. The maximum absolute atomic E-state index is 12.7. The molecule has 6 heteroatoms. The SMILES string of the molecule is CCc1nnc2n1CCN(C1CN(C(=O)C3CCCCCC3)C1)C2. The van der Waals surface area contributed by atoms with Crippen LogP contribution in [-0.4, -0.2) is 56.1 Å². The molecule has 0 N–H and O–H groups in total. The van der Waals surface area contributed by atoms with Gasteiger partial charge in [-0.2, -0.15) is 0 Å². The molecule has 1 aliphatic carbocycles.